The highest BCUT2D eigenvalue weighted by atomic mass is 32.2. The Morgan fingerprint density at radius 3 is 2.42 bits per heavy atom. The lowest BCUT2D eigenvalue weighted by Gasteiger charge is -2.17. The van der Waals surface area contributed by atoms with Gasteiger partial charge >= 0.3 is 5.97 Å². The normalized spacial score (nSPS) is 20.5. The Balaban J connectivity index is 2.53. The zero-order chi connectivity index (χ0) is 9.35. The lowest BCUT2D eigenvalue weighted by Crippen LogP contribution is -2.38. The Hall–Kier alpha value is -0.380. The average Bonchev–Trinajstić information content (AvgIpc) is 2.71. The van der Waals surface area contributed by atoms with Gasteiger partial charge in [-0.15, -0.1) is 0 Å². The predicted molar refractivity (Wildman–Crippen MR) is 47.4 cm³/mol. The molecule has 0 radical (unpaired) electrons. The van der Waals surface area contributed by atoms with E-state index in [4.69, 9.17) is 5.11 Å². The zero-order valence-corrected chi connectivity index (χ0v) is 8.19. The summed E-state index contributed by atoms with van der Waals surface area (Å²) in [5.74, 6) is 0.102. The molecular weight excluding hydrogens is 176 g/mol. The standard InChI is InChI=1S/C8H14O3S/c1-8(2,7(9)10)12(11)5-6-3-4-6/h6H,3-5H2,1-2H3,(H,9,10). The molecule has 1 atom stereocenters. The van der Waals surface area contributed by atoms with E-state index in [9.17, 15) is 9.00 Å². The summed E-state index contributed by atoms with van der Waals surface area (Å²) in [6, 6.07) is 0. The molecule has 0 aromatic heterocycles. The van der Waals surface area contributed by atoms with Crippen LogP contribution in [-0.2, 0) is 15.6 Å². The predicted octanol–water partition coefficient (Wildman–Crippen LogP) is 1.01. The van der Waals surface area contributed by atoms with Crippen LogP contribution in [0.1, 0.15) is 26.7 Å². The molecule has 0 amide bonds. The lowest BCUT2D eigenvalue weighted by atomic mass is 10.2. The van der Waals surface area contributed by atoms with Crippen molar-refractivity contribution < 1.29 is 14.1 Å². The monoisotopic (exact) mass is 190 g/mol. The Labute approximate surface area is 74.6 Å². The molecule has 0 aromatic rings. The summed E-state index contributed by atoms with van der Waals surface area (Å²) in [4.78, 5) is 10.7. The number of aliphatic carboxylic acids is 1. The van der Waals surface area contributed by atoms with E-state index in [2.05, 4.69) is 0 Å². The number of carboxylic acid groups (broad SMARTS) is 1. The van der Waals surface area contributed by atoms with Gasteiger partial charge in [-0.1, -0.05) is 0 Å². The molecule has 0 aromatic carbocycles. The Bertz CT molecular complexity index is 218. The van der Waals surface area contributed by atoms with E-state index >= 15 is 0 Å². The van der Waals surface area contributed by atoms with E-state index in [1.165, 1.54) is 13.8 Å². The quantitative estimate of drug-likeness (QED) is 0.719. The fourth-order valence-corrected chi connectivity index (χ4v) is 2.18. The van der Waals surface area contributed by atoms with E-state index in [0.717, 1.165) is 12.8 Å². The van der Waals surface area contributed by atoms with Crippen LogP contribution in [0.5, 0.6) is 0 Å². The second kappa shape index (κ2) is 3.17. The minimum Gasteiger partial charge on any atom is -0.480 e. The third kappa shape index (κ3) is 2.06. The molecular formula is C8H14O3S. The molecule has 1 rings (SSSR count). The smallest absolute Gasteiger partial charge is 0.321 e. The SMILES string of the molecule is CC(C)(C(=O)O)S(=O)CC1CC1. The van der Waals surface area contributed by atoms with Crippen LogP contribution in [0, 0.1) is 5.92 Å². The summed E-state index contributed by atoms with van der Waals surface area (Å²) < 4.78 is 10.4. The summed E-state index contributed by atoms with van der Waals surface area (Å²) in [5, 5.41) is 8.75. The Morgan fingerprint density at radius 1 is 1.58 bits per heavy atom. The number of hydrogen-bond donors (Lipinski definition) is 1. The van der Waals surface area contributed by atoms with Crippen LogP contribution in [0.2, 0.25) is 0 Å². The molecule has 0 aliphatic heterocycles. The molecule has 70 valence electrons. The zero-order valence-electron chi connectivity index (χ0n) is 7.37. The first-order valence-electron chi connectivity index (χ1n) is 4.06. The van der Waals surface area contributed by atoms with Crippen molar-refractivity contribution in [1.82, 2.24) is 0 Å². The molecule has 0 heterocycles. The van der Waals surface area contributed by atoms with Gasteiger partial charge in [-0.2, -0.15) is 0 Å². The molecule has 0 spiro atoms. The molecule has 4 heteroatoms. The molecule has 12 heavy (non-hydrogen) atoms. The maximum Gasteiger partial charge on any atom is 0.321 e. The number of rotatable bonds is 4. The molecule has 1 N–H and O–H groups in total. The van der Waals surface area contributed by atoms with Crippen molar-refractivity contribution in [1.29, 1.82) is 0 Å². The number of carbonyl (C=O) groups is 1. The van der Waals surface area contributed by atoms with E-state index in [-0.39, 0.29) is 0 Å². The second-order valence-electron chi connectivity index (χ2n) is 3.77. The van der Waals surface area contributed by atoms with Gasteiger partial charge in [-0.05, 0) is 32.6 Å². The Kier molecular flexibility index (Phi) is 2.56. The van der Waals surface area contributed by atoms with Crippen molar-refractivity contribution >= 4 is 16.8 Å². The van der Waals surface area contributed by atoms with E-state index in [1.54, 1.807) is 0 Å². The van der Waals surface area contributed by atoms with Crippen LogP contribution >= 0.6 is 0 Å². The van der Waals surface area contributed by atoms with Gasteiger partial charge in [0.05, 0.1) is 0 Å². The number of carboxylic acids is 1. The van der Waals surface area contributed by atoms with Gasteiger partial charge in [0.1, 0.15) is 4.75 Å². The highest BCUT2D eigenvalue weighted by Gasteiger charge is 2.37. The van der Waals surface area contributed by atoms with Crippen LogP contribution < -0.4 is 0 Å². The Morgan fingerprint density at radius 2 is 2.08 bits per heavy atom. The first-order valence-corrected chi connectivity index (χ1v) is 5.38. The van der Waals surface area contributed by atoms with Gasteiger partial charge in [0.2, 0.25) is 0 Å². The van der Waals surface area contributed by atoms with Crippen LogP contribution in [0.15, 0.2) is 0 Å². The van der Waals surface area contributed by atoms with Crippen molar-refractivity contribution in [2.75, 3.05) is 5.75 Å². The van der Waals surface area contributed by atoms with Crippen molar-refractivity contribution in [3.05, 3.63) is 0 Å². The fourth-order valence-electron chi connectivity index (χ4n) is 0.804. The van der Waals surface area contributed by atoms with E-state index in [0.29, 0.717) is 11.7 Å². The summed E-state index contributed by atoms with van der Waals surface area (Å²) in [6.45, 7) is 3.04. The van der Waals surface area contributed by atoms with Crippen LogP contribution in [0.4, 0.5) is 0 Å². The van der Waals surface area contributed by atoms with Gasteiger partial charge < -0.3 is 5.11 Å². The number of hydrogen-bond acceptors (Lipinski definition) is 2. The summed E-state index contributed by atoms with van der Waals surface area (Å²) >= 11 is 0. The van der Waals surface area contributed by atoms with Gasteiger partial charge in [0, 0.05) is 16.6 Å². The largest absolute Gasteiger partial charge is 0.480 e. The van der Waals surface area contributed by atoms with Crippen LogP contribution in [0.3, 0.4) is 0 Å². The second-order valence-corrected chi connectivity index (χ2v) is 5.82. The minimum absolute atomic E-state index is 0.518. The molecule has 1 unspecified atom stereocenters. The summed E-state index contributed by atoms with van der Waals surface area (Å²) in [5.41, 5.74) is 0. The first kappa shape index (κ1) is 9.71. The highest BCUT2D eigenvalue weighted by Crippen LogP contribution is 2.31. The maximum absolute atomic E-state index is 11.5. The van der Waals surface area contributed by atoms with Crippen LogP contribution in [0.25, 0.3) is 0 Å². The minimum atomic E-state index is -1.23. The van der Waals surface area contributed by atoms with Crippen molar-refractivity contribution in [2.24, 2.45) is 5.92 Å². The van der Waals surface area contributed by atoms with Gasteiger partial charge in [0.25, 0.3) is 0 Å². The van der Waals surface area contributed by atoms with E-state index in [1.807, 2.05) is 0 Å². The van der Waals surface area contributed by atoms with Gasteiger partial charge in [0.15, 0.2) is 0 Å². The summed E-state index contributed by atoms with van der Waals surface area (Å²) in [6.07, 6.45) is 2.23. The van der Waals surface area contributed by atoms with E-state index < -0.39 is 21.5 Å². The van der Waals surface area contributed by atoms with Crippen molar-refractivity contribution in [2.45, 2.75) is 31.4 Å². The molecule has 1 saturated carbocycles. The topological polar surface area (TPSA) is 54.4 Å². The first-order chi connectivity index (χ1) is 5.44. The van der Waals surface area contributed by atoms with Crippen LogP contribution in [-0.4, -0.2) is 25.8 Å². The average molecular weight is 190 g/mol. The third-order valence-electron chi connectivity index (χ3n) is 2.17. The molecule has 0 saturated heterocycles. The van der Waals surface area contributed by atoms with Gasteiger partial charge in [-0.25, -0.2) is 0 Å². The van der Waals surface area contributed by atoms with Crippen molar-refractivity contribution in [3.8, 4) is 0 Å². The molecule has 1 aliphatic carbocycles. The maximum atomic E-state index is 11.5. The summed E-state index contributed by atoms with van der Waals surface area (Å²) in [7, 11) is -1.23. The van der Waals surface area contributed by atoms with Gasteiger partial charge in [-0.3, -0.25) is 9.00 Å². The fraction of sp³-hybridized carbons (Fsp3) is 0.875. The third-order valence-corrected chi connectivity index (χ3v) is 4.26. The van der Waals surface area contributed by atoms with Crippen molar-refractivity contribution in [3.63, 3.8) is 0 Å². The lowest BCUT2D eigenvalue weighted by molar-refractivity contribution is -0.139. The molecule has 3 nitrogen and oxygen atoms in total. The molecule has 1 fully saturated rings. The molecule has 0 bridgehead atoms. The highest BCUT2D eigenvalue weighted by molar-refractivity contribution is 7.87. The molecule has 1 aliphatic rings.